The zero-order valence-electron chi connectivity index (χ0n) is 8.03. The smallest absolute Gasteiger partial charge is 0.213 e. The Morgan fingerprint density at radius 2 is 2.21 bits per heavy atom. The van der Waals surface area contributed by atoms with Crippen LogP contribution in [0.15, 0.2) is 6.20 Å². The second-order valence-electron chi connectivity index (χ2n) is 3.66. The van der Waals surface area contributed by atoms with Gasteiger partial charge in [-0.25, -0.2) is 4.98 Å². The van der Waals surface area contributed by atoms with Crippen LogP contribution < -0.4 is 5.32 Å². The molecule has 0 saturated heterocycles. The van der Waals surface area contributed by atoms with Gasteiger partial charge in [0.2, 0.25) is 6.41 Å². The lowest BCUT2D eigenvalue weighted by Crippen LogP contribution is -2.02. The van der Waals surface area contributed by atoms with Crippen LogP contribution in [0, 0.1) is 0 Å². The van der Waals surface area contributed by atoms with Crippen molar-refractivity contribution in [3.8, 4) is 0 Å². The van der Waals surface area contributed by atoms with Gasteiger partial charge in [0.1, 0.15) is 0 Å². The molecule has 0 unspecified atom stereocenters. The van der Waals surface area contributed by atoms with E-state index in [9.17, 15) is 4.79 Å². The molecule has 0 spiro atoms. The minimum atomic E-state index is 0.684. The van der Waals surface area contributed by atoms with Crippen LogP contribution in [0.2, 0.25) is 0 Å². The van der Waals surface area contributed by atoms with Gasteiger partial charge in [0.25, 0.3) is 0 Å². The van der Waals surface area contributed by atoms with Crippen LogP contribution in [-0.4, -0.2) is 11.4 Å². The zero-order chi connectivity index (χ0) is 9.80. The lowest BCUT2D eigenvalue weighted by molar-refractivity contribution is -0.105. The maximum absolute atomic E-state index is 10.2. The predicted molar refractivity (Wildman–Crippen MR) is 57.6 cm³/mol. The van der Waals surface area contributed by atoms with Crippen molar-refractivity contribution in [1.82, 2.24) is 4.98 Å². The molecule has 76 valence electrons. The second-order valence-corrected chi connectivity index (χ2v) is 4.73. The van der Waals surface area contributed by atoms with Crippen molar-refractivity contribution in [2.75, 3.05) is 5.32 Å². The third-order valence-corrected chi connectivity index (χ3v) is 3.80. The number of thiazole rings is 1. The van der Waals surface area contributed by atoms with Gasteiger partial charge < -0.3 is 5.32 Å². The van der Waals surface area contributed by atoms with E-state index >= 15 is 0 Å². The van der Waals surface area contributed by atoms with Gasteiger partial charge in [-0.2, -0.15) is 0 Å². The molecule has 4 heteroatoms. The number of rotatable bonds is 3. The summed E-state index contributed by atoms with van der Waals surface area (Å²) >= 11 is 1.61. The summed E-state index contributed by atoms with van der Waals surface area (Å²) in [5, 5.41) is 3.32. The van der Waals surface area contributed by atoms with Crippen molar-refractivity contribution < 1.29 is 4.79 Å². The monoisotopic (exact) mass is 210 g/mol. The molecule has 1 N–H and O–H groups in total. The largest absolute Gasteiger partial charge is 0.305 e. The van der Waals surface area contributed by atoms with Crippen molar-refractivity contribution >= 4 is 22.9 Å². The maximum Gasteiger partial charge on any atom is 0.213 e. The molecule has 1 aromatic rings. The van der Waals surface area contributed by atoms with E-state index in [-0.39, 0.29) is 0 Å². The van der Waals surface area contributed by atoms with Crippen molar-refractivity contribution in [2.45, 2.75) is 38.0 Å². The first kappa shape index (κ1) is 9.65. The van der Waals surface area contributed by atoms with E-state index in [2.05, 4.69) is 10.3 Å². The van der Waals surface area contributed by atoms with Crippen molar-refractivity contribution in [3.63, 3.8) is 0 Å². The summed E-state index contributed by atoms with van der Waals surface area (Å²) in [4.78, 5) is 15.7. The molecule has 1 fully saturated rings. The fraction of sp³-hybridized carbons (Fsp3) is 0.600. The van der Waals surface area contributed by atoms with Gasteiger partial charge in [-0.15, -0.1) is 11.3 Å². The third-order valence-electron chi connectivity index (χ3n) is 2.71. The van der Waals surface area contributed by atoms with Crippen LogP contribution in [0.5, 0.6) is 0 Å². The fourth-order valence-corrected chi connectivity index (χ4v) is 2.92. The van der Waals surface area contributed by atoms with E-state index in [1.807, 2.05) is 6.20 Å². The van der Waals surface area contributed by atoms with Gasteiger partial charge in [-0.3, -0.25) is 4.79 Å². The SMILES string of the molecule is O=CNc1ncc(C2CCCCC2)s1. The average molecular weight is 210 g/mol. The van der Waals surface area contributed by atoms with Crippen molar-refractivity contribution in [2.24, 2.45) is 0 Å². The number of carbonyl (C=O) groups is 1. The van der Waals surface area contributed by atoms with E-state index in [1.165, 1.54) is 37.0 Å². The molecule has 1 aliphatic carbocycles. The molecule has 0 atom stereocenters. The quantitative estimate of drug-likeness (QED) is 0.779. The Kier molecular flexibility index (Phi) is 3.14. The second kappa shape index (κ2) is 4.55. The van der Waals surface area contributed by atoms with Gasteiger partial charge in [-0.1, -0.05) is 19.3 Å². The zero-order valence-corrected chi connectivity index (χ0v) is 8.85. The number of hydrogen-bond acceptors (Lipinski definition) is 3. The van der Waals surface area contributed by atoms with Crippen LogP contribution in [0.1, 0.15) is 42.9 Å². The van der Waals surface area contributed by atoms with Crippen molar-refractivity contribution in [3.05, 3.63) is 11.1 Å². The predicted octanol–water partition coefficient (Wildman–Crippen LogP) is 2.76. The highest BCUT2D eigenvalue weighted by atomic mass is 32.1. The van der Waals surface area contributed by atoms with Crippen LogP contribution in [0.3, 0.4) is 0 Å². The number of hydrogen-bond donors (Lipinski definition) is 1. The Labute approximate surface area is 87.6 Å². The lowest BCUT2D eigenvalue weighted by atomic mass is 9.89. The van der Waals surface area contributed by atoms with Gasteiger partial charge in [0.05, 0.1) is 0 Å². The topological polar surface area (TPSA) is 42.0 Å². The molecule has 1 saturated carbocycles. The summed E-state index contributed by atoms with van der Waals surface area (Å²) < 4.78 is 0. The Morgan fingerprint density at radius 1 is 1.43 bits per heavy atom. The number of carbonyl (C=O) groups excluding carboxylic acids is 1. The van der Waals surface area contributed by atoms with Gasteiger partial charge in [0, 0.05) is 11.1 Å². The third kappa shape index (κ3) is 2.12. The summed E-state index contributed by atoms with van der Waals surface area (Å²) in [5.74, 6) is 0.684. The molecule has 1 aromatic heterocycles. The molecule has 0 aliphatic heterocycles. The molecular weight excluding hydrogens is 196 g/mol. The highest BCUT2D eigenvalue weighted by molar-refractivity contribution is 7.15. The Bertz CT molecular complexity index is 305. The van der Waals surface area contributed by atoms with Crippen LogP contribution >= 0.6 is 11.3 Å². The summed E-state index contributed by atoms with van der Waals surface area (Å²) in [5.41, 5.74) is 0. The van der Waals surface area contributed by atoms with E-state index in [1.54, 1.807) is 11.3 Å². The Hall–Kier alpha value is -0.900. The number of aromatic nitrogens is 1. The molecule has 0 aromatic carbocycles. The summed E-state index contributed by atoms with van der Waals surface area (Å²) in [6.45, 7) is 0. The summed E-state index contributed by atoms with van der Waals surface area (Å²) in [6.07, 6.45) is 9.19. The number of amides is 1. The molecule has 1 aliphatic rings. The first-order valence-corrected chi connectivity index (χ1v) is 5.87. The maximum atomic E-state index is 10.2. The highest BCUT2D eigenvalue weighted by Gasteiger charge is 2.17. The van der Waals surface area contributed by atoms with E-state index in [0.29, 0.717) is 12.3 Å². The van der Waals surface area contributed by atoms with Crippen LogP contribution in [-0.2, 0) is 4.79 Å². The Morgan fingerprint density at radius 3 is 2.93 bits per heavy atom. The number of nitrogens with one attached hydrogen (secondary N) is 1. The molecule has 0 bridgehead atoms. The van der Waals surface area contributed by atoms with Gasteiger partial charge in [-0.05, 0) is 18.8 Å². The minimum Gasteiger partial charge on any atom is -0.305 e. The molecule has 3 nitrogen and oxygen atoms in total. The highest BCUT2D eigenvalue weighted by Crippen LogP contribution is 2.36. The first-order chi connectivity index (χ1) is 6.90. The average Bonchev–Trinajstić information content (AvgIpc) is 2.68. The minimum absolute atomic E-state index is 0.684. The van der Waals surface area contributed by atoms with E-state index in [0.717, 1.165) is 5.13 Å². The Balaban J connectivity index is 2.03. The number of nitrogens with zero attached hydrogens (tertiary/aromatic N) is 1. The molecular formula is C10H14N2OS. The van der Waals surface area contributed by atoms with Gasteiger partial charge >= 0.3 is 0 Å². The molecule has 2 rings (SSSR count). The number of anilines is 1. The lowest BCUT2D eigenvalue weighted by Gasteiger charge is -2.19. The summed E-state index contributed by atoms with van der Waals surface area (Å²) in [7, 11) is 0. The molecule has 1 amide bonds. The van der Waals surface area contributed by atoms with Crippen LogP contribution in [0.25, 0.3) is 0 Å². The normalized spacial score (nSPS) is 18.0. The molecule has 1 heterocycles. The first-order valence-electron chi connectivity index (χ1n) is 5.06. The van der Waals surface area contributed by atoms with E-state index < -0.39 is 0 Å². The van der Waals surface area contributed by atoms with Crippen LogP contribution in [0.4, 0.5) is 5.13 Å². The molecule has 14 heavy (non-hydrogen) atoms. The van der Waals surface area contributed by atoms with Crippen molar-refractivity contribution in [1.29, 1.82) is 0 Å². The summed E-state index contributed by atoms with van der Waals surface area (Å²) in [6, 6.07) is 0. The van der Waals surface area contributed by atoms with Gasteiger partial charge in [0.15, 0.2) is 5.13 Å². The van der Waals surface area contributed by atoms with E-state index in [4.69, 9.17) is 0 Å². The fourth-order valence-electron chi connectivity index (χ4n) is 1.98. The standard InChI is InChI=1S/C10H14N2OS/c13-7-12-10-11-6-9(14-10)8-4-2-1-3-5-8/h6-8H,1-5H2,(H,11,12,13). The molecule has 0 radical (unpaired) electrons.